The summed E-state index contributed by atoms with van der Waals surface area (Å²) in [4.78, 5) is 54.5. The molecule has 0 amide bonds. The van der Waals surface area contributed by atoms with E-state index in [0.29, 0.717) is 6.42 Å². The zero-order chi connectivity index (χ0) is 26.4. The fourth-order valence-corrected chi connectivity index (χ4v) is 3.76. The van der Waals surface area contributed by atoms with Crippen molar-refractivity contribution < 1.29 is 49.5 Å². The Kier molecular flexibility index (Phi) is 15.0. The molecule has 4 atom stereocenters. The summed E-state index contributed by atoms with van der Waals surface area (Å²) in [5.74, 6) is -4.98. The number of carbonyl (C=O) groups is 5. The topological polar surface area (TPSA) is 186 Å². The normalized spacial score (nSPS) is 16.2. The molecule has 10 heteroatoms. The lowest BCUT2D eigenvalue weighted by Crippen LogP contribution is -2.41. The van der Waals surface area contributed by atoms with E-state index in [4.69, 9.17) is 20.4 Å². The molecule has 0 bridgehead atoms. The Labute approximate surface area is 195 Å². The van der Waals surface area contributed by atoms with Crippen molar-refractivity contribution >= 4 is 29.8 Å². The van der Waals surface area contributed by atoms with Crippen LogP contribution in [-0.2, 0) is 24.0 Å². The zero-order valence-corrected chi connectivity index (χ0v) is 20.3. The van der Waals surface area contributed by atoms with Gasteiger partial charge in [-0.25, -0.2) is 0 Å². The zero-order valence-electron chi connectivity index (χ0n) is 20.3. The van der Waals surface area contributed by atoms with E-state index in [1.807, 2.05) is 13.8 Å². The molecule has 5 N–H and O–H groups in total. The molecular formula is C23H40O10. The first-order valence-corrected chi connectivity index (χ1v) is 11.2. The molecule has 4 unspecified atom stereocenters. The number of hydrogen-bond acceptors (Lipinski definition) is 5. The van der Waals surface area contributed by atoms with Gasteiger partial charge >= 0.3 is 29.8 Å². The first kappa shape index (κ1) is 32.5. The van der Waals surface area contributed by atoms with Gasteiger partial charge in [0.2, 0.25) is 0 Å². The van der Waals surface area contributed by atoms with E-state index in [1.54, 1.807) is 13.8 Å². The SMILES string of the molecule is CCC(C)(CC(CC)(CC(=O)O)C(=O)O)C(=O)O.CCC(CC(=O)O)CC(CC)CC(=O)O. The van der Waals surface area contributed by atoms with E-state index in [0.717, 1.165) is 12.8 Å². The number of hydrogen-bond donors (Lipinski definition) is 5. The maximum atomic E-state index is 11.3. The minimum atomic E-state index is -1.53. The highest BCUT2D eigenvalue weighted by Gasteiger charge is 2.47. The molecule has 0 aliphatic carbocycles. The van der Waals surface area contributed by atoms with E-state index >= 15 is 0 Å². The second-order valence-corrected chi connectivity index (χ2v) is 8.89. The van der Waals surface area contributed by atoms with Crippen LogP contribution >= 0.6 is 0 Å². The molecule has 0 saturated carbocycles. The number of carboxylic acids is 5. The second kappa shape index (κ2) is 15.2. The highest BCUT2D eigenvalue weighted by Crippen LogP contribution is 2.42. The Bertz CT molecular complexity index is 652. The molecule has 0 aromatic rings. The first-order valence-electron chi connectivity index (χ1n) is 11.2. The van der Waals surface area contributed by atoms with E-state index in [2.05, 4.69) is 0 Å². The van der Waals surface area contributed by atoms with Crippen molar-refractivity contribution in [1.29, 1.82) is 0 Å². The van der Waals surface area contributed by atoms with Crippen molar-refractivity contribution in [1.82, 2.24) is 0 Å². The molecule has 0 radical (unpaired) electrons. The van der Waals surface area contributed by atoms with Gasteiger partial charge in [0.15, 0.2) is 0 Å². The lowest BCUT2D eigenvalue weighted by molar-refractivity contribution is -0.163. The van der Waals surface area contributed by atoms with Gasteiger partial charge < -0.3 is 25.5 Å². The van der Waals surface area contributed by atoms with Crippen LogP contribution in [-0.4, -0.2) is 55.4 Å². The quantitative estimate of drug-likeness (QED) is 0.216. The van der Waals surface area contributed by atoms with Crippen molar-refractivity contribution in [2.75, 3.05) is 0 Å². The van der Waals surface area contributed by atoms with Gasteiger partial charge in [-0.3, -0.25) is 24.0 Å². The van der Waals surface area contributed by atoms with Crippen LogP contribution < -0.4 is 0 Å². The van der Waals surface area contributed by atoms with E-state index < -0.39 is 47.1 Å². The molecule has 0 aromatic carbocycles. The Morgan fingerprint density at radius 3 is 1.30 bits per heavy atom. The average Bonchev–Trinajstić information content (AvgIpc) is 2.70. The Morgan fingerprint density at radius 1 is 0.667 bits per heavy atom. The fourth-order valence-electron chi connectivity index (χ4n) is 3.76. The summed E-state index contributed by atoms with van der Waals surface area (Å²) in [6, 6.07) is 0. The summed E-state index contributed by atoms with van der Waals surface area (Å²) in [5.41, 5.74) is -2.77. The Hall–Kier alpha value is -2.65. The maximum absolute atomic E-state index is 11.3. The van der Waals surface area contributed by atoms with Crippen LogP contribution in [0.5, 0.6) is 0 Å². The third-order valence-electron chi connectivity index (χ3n) is 6.39. The predicted molar refractivity (Wildman–Crippen MR) is 120 cm³/mol. The Balaban J connectivity index is 0. The minimum absolute atomic E-state index is 0.0809. The molecule has 0 fully saturated rings. The summed E-state index contributed by atoms with van der Waals surface area (Å²) in [7, 11) is 0. The van der Waals surface area contributed by atoms with E-state index in [9.17, 15) is 29.1 Å². The third kappa shape index (κ3) is 12.2. The lowest BCUT2D eigenvalue weighted by Gasteiger charge is -2.34. The molecule has 0 aliphatic rings. The van der Waals surface area contributed by atoms with Crippen molar-refractivity contribution in [3.05, 3.63) is 0 Å². The Morgan fingerprint density at radius 2 is 1.09 bits per heavy atom. The van der Waals surface area contributed by atoms with Crippen LogP contribution in [0, 0.1) is 22.7 Å². The van der Waals surface area contributed by atoms with Crippen LogP contribution in [0.1, 0.15) is 92.4 Å². The molecule has 33 heavy (non-hydrogen) atoms. The molecule has 0 saturated heterocycles. The van der Waals surface area contributed by atoms with Gasteiger partial charge in [-0.1, -0.05) is 40.5 Å². The highest BCUT2D eigenvalue weighted by molar-refractivity contribution is 5.83. The van der Waals surface area contributed by atoms with Crippen molar-refractivity contribution in [2.45, 2.75) is 92.4 Å². The van der Waals surface area contributed by atoms with Gasteiger partial charge in [0, 0.05) is 12.8 Å². The number of rotatable bonds is 16. The molecule has 0 spiro atoms. The van der Waals surface area contributed by atoms with E-state index in [1.165, 1.54) is 6.92 Å². The van der Waals surface area contributed by atoms with Crippen LogP contribution in [0.4, 0.5) is 0 Å². The van der Waals surface area contributed by atoms with Gasteiger partial charge in [-0.15, -0.1) is 0 Å². The lowest BCUT2D eigenvalue weighted by atomic mass is 9.67. The smallest absolute Gasteiger partial charge is 0.310 e. The third-order valence-corrected chi connectivity index (χ3v) is 6.39. The van der Waals surface area contributed by atoms with Gasteiger partial charge in [-0.2, -0.15) is 0 Å². The van der Waals surface area contributed by atoms with Crippen molar-refractivity contribution in [2.24, 2.45) is 22.7 Å². The molecular weight excluding hydrogens is 436 g/mol. The highest BCUT2D eigenvalue weighted by atomic mass is 16.4. The largest absolute Gasteiger partial charge is 0.481 e. The fraction of sp³-hybridized carbons (Fsp3) is 0.783. The van der Waals surface area contributed by atoms with Crippen LogP contribution in [0.25, 0.3) is 0 Å². The number of aliphatic carboxylic acids is 5. The molecule has 0 rings (SSSR count). The van der Waals surface area contributed by atoms with Gasteiger partial charge in [0.1, 0.15) is 0 Å². The second-order valence-electron chi connectivity index (χ2n) is 8.89. The monoisotopic (exact) mass is 476 g/mol. The molecule has 0 aliphatic heterocycles. The summed E-state index contributed by atoms with van der Waals surface area (Å²) < 4.78 is 0. The molecule has 0 heterocycles. The minimum Gasteiger partial charge on any atom is -0.481 e. The summed E-state index contributed by atoms with van der Waals surface area (Å²) in [6.45, 7) is 8.55. The van der Waals surface area contributed by atoms with Gasteiger partial charge in [-0.05, 0) is 44.4 Å². The van der Waals surface area contributed by atoms with Gasteiger partial charge in [0.05, 0.1) is 17.3 Å². The summed E-state index contributed by atoms with van der Waals surface area (Å²) in [5, 5.41) is 44.6. The summed E-state index contributed by atoms with van der Waals surface area (Å²) in [6.07, 6.45) is 2.15. The summed E-state index contributed by atoms with van der Waals surface area (Å²) >= 11 is 0. The molecule has 10 nitrogen and oxygen atoms in total. The number of carboxylic acid groups (broad SMARTS) is 5. The molecule has 192 valence electrons. The van der Waals surface area contributed by atoms with Gasteiger partial charge in [0.25, 0.3) is 0 Å². The predicted octanol–water partition coefficient (Wildman–Crippen LogP) is 4.21. The standard InChI is InChI=1S/C12H20O6.C11H20O4/c1-4-11(3,9(15)16)7-12(5-2,10(17)18)6-8(13)14;1-3-8(6-10(12)13)5-9(4-2)7-11(14)15/h4-7H2,1-3H3,(H,13,14)(H,15,16)(H,17,18);8-9H,3-7H2,1-2H3,(H,12,13)(H,14,15). The van der Waals surface area contributed by atoms with Crippen molar-refractivity contribution in [3.8, 4) is 0 Å². The van der Waals surface area contributed by atoms with Crippen LogP contribution in [0.2, 0.25) is 0 Å². The van der Waals surface area contributed by atoms with Crippen molar-refractivity contribution in [3.63, 3.8) is 0 Å². The maximum Gasteiger partial charge on any atom is 0.310 e. The molecule has 0 aromatic heterocycles. The van der Waals surface area contributed by atoms with Crippen LogP contribution in [0.15, 0.2) is 0 Å². The van der Waals surface area contributed by atoms with Crippen LogP contribution in [0.3, 0.4) is 0 Å². The van der Waals surface area contributed by atoms with E-state index in [-0.39, 0.29) is 43.9 Å². The average molecular weight is 477 g/mol. The first-order chi connectivity index (χ1) is 15.1.